The summed E-state index contributed by atoms with van der Waals surface area (Å²) in [7, 11) is 1.61. The summed E-state index contributed by atoms with van der Waals surface area (Å²) >= 11 is 3.43. The fraction of sp³-hybridized carbons (Fsp3) is 0.462. The molecule has 17 heavy (non-hydrogen) atoms. The van der Waals surface area contributed by atoms with E-state index in [0.717, 1.165) is 35.1 Å². The van der Waals surface area contributed by atoms with Gasteiger partial charge in [-0.1, -0.05) is 0 Å². The quantitative estimate of drug-likeness (QED) is 0.839. The third-order valence-corrected chi connectivity index (χ3v) is 4.36. The number of benzene rings is 1. The van der Waals surface area contributed by atoms with Crippen LogP contribution in [-0.2, 0) is 0 Å². The summed E-state index contributed by atoms with van der Waals surface area (Å²) in [5, 5.41) is 0. The third kappa shape index (κ3) is 1.95. The van der Waals surface area contributed by atoms with Gasteiger partial charge in [0.15, 0.2) is 0 Å². The highest BCUT2D eigenvalue weighted by Gasteiger charge is 2.46. The topological polar surface area (TPSA) is 29.5 Å². The molecule has 1 amide bonds. The molecular weight excluding hydrogens is 282 g/mol. The number of amides is 1. The van der Waals surface area contributed by atoms with Gasteiger partial charge in [-0.2, -0.15) is 0 Å². The number of halogens is 1. The summed E-state index contributed by atoms with van der Waals surface area (Å²) < 4.78 is 6.00. The predicted molar refractivity (Wildman–Crippen MR) is 68.2 cm³/mol. The molecule has 2 aliphatic rings. The van der Waals surface area contributed by atoms with Gasteiger partial charge in [-0.05, 0) is 52.4 Å². The average molecular weight is 296 g/mol. The summed E-state index contributed by atoms with van der Waals surface area (Å²) in [6, 6.07) is 5.52. The first-order valence-electron chi connectivity index (χ1n) is 5.82. The van der Waals surface area contributed by atoms with Gasteiger partial charge in [0.2, 0.25) is 0 Å². The summed E-state index contributed by atoms with van der Waals surface area (Å²) in [5.41, 5.74) is 0.700. The van der Waals surface area contributed by atoms with Crippen LogP contribution in [0.1, 0.15) is 16.8 Å². The van der Waals surface area contributed by atoms with Crippen LogP contribution in [0.5, 0.6) is 5.75 Å². The van der Waals surface area contributed by atoms with Crippen molar-refractivity contribution in [1.29, 1.82) is 0 Å². The summed E-state index contributed by atoms with van der Waals surface area (Å²) in [6.45, 7) is 1.85. The van der Waals surface area contributed by atoms with Crippen molar-refractivity contribution in [2.75, 3.05) is 20.2 Å². The molecule has 1 saturated heterocycles. The number of methoxy groups -OCH3 is 1. The van der Waals surface area contributed by atoms with Crippen molar-refractivity contribution in [2.45, 2.75) is 6.42 Å². The lowest BCUT2D eigenvalue weighted by Gasteiger charge is -2.19. The van der Waals surface area contributed by atoms with E-state index in [0.29, 0.717) is 5.56 Å². The van der Waals surface area contributed by atoms with Crippen molar-refractivity contribution in [3.8, 4) is 5.75 Å². The molecule has 3 rings (SSSR count). The van der Waals surface area contributed by atoms with Crippen molar-refractivity contribution >= 4 is 21.8 Å². The van der Waals surface area contributed by atoms with Crippen LogP contribution in [-0.4, -0.2) is 31.0 Å². The molecule has 90 valence electrons. The molecule has 2 fully saturated rings. The second-order valence-electron chi connectivity index (χ2n) is 4.81. The second-order valence-corrected chi connectivity index (χ2v) is 5.67. The zero-order valence-corrected chi connectivity index (χ0v) is 11.2. The van der Waals surface area contributed by atoms with Gasteiger partial charge in [-0.25, -0.2) is 0 Å². The molecule has 0 aromatic heterocycles. The molecule has 4 heteroatoms. The Hall–Kier alpha value is -1.03. The first-order valence-corrected chi connectivity index (χ1v) is 6.61. The Morgan fingerprint density at radius 3 is 2.76 bits per heavy atom. The minimum Gasteiger partial charge on any atom is -0.497 e. The number of rotatable bonds is 2. The maximum absolute atomic E-state index is 12.3. The van der Waals surface area contributed by atoms with E-state index in [2.05, 4.69) is 15.9 Å². The normalized spacial score (nSPS) is 25.6. The Balaban J connectivity index is 1.84. The van der Waals surface area contributed by atoms with Gasteiger partial charge in [0.1, 0.15) is 5.75 Å². The van der Waals surface area contributed by atoms with Gasteiger partial charge < -0.3 is 9.64 Å². The Bertz CT molecular complexity index is 464. The van der Waals surface area contributed by atoms with Crippen LogP contribution < -0.4 is 4.74 Å². The smallest absolute Gasteiger partial charge is 0.255 e. The Kier molecular flexibility index (Phi) is 2.62. The molecule has 0 bridgehead atoms. The second kappa shape index (κ2) is 4.02. The van der Waals surface area contributed by atoms with Gasteiger partial charge in [0.25, 0.3) is 5.91 Å². The Morgan fingerprint density at radius 2 is 2.12 bits per heavy atom. The van der Waals surface area contributed by atoms with Gasteiger partial charge in [-0.15, -0.1) is 0 Å². The van der Waals surface area contributed by atoms with E-state index >= 15 is 0 Å². The lowest BCUT2D eigenvalue weighted by Crippen LogP contribution is -2.30. The van der Waals surface area contributed by atoms with E-state index in [-0.39, 0.29) is 5.91 Å². The number of nitrogens with zero attached hydrogens (tertiary/aromatic N) is 1. The lowest BCUT2D eigenvalue weighted by atomic mass is 10.2. The molecule has 0 N–H and O–H groups in total. The highest BCUT2D eigenvalue weighted by molar-refractivity contribution is 9.10. The molecule has 1 aliphatic carbocycles. The third-order valence-electron chi connectivity index (χ3n) is 3.67. The van der Waals surface area contributed by atoms with Crippen LogP contribution in [0.3, 0.4) is 0 Å². The SMILES string of the molecule is COc1ccc(Br)c(C(=O)N2CC3CC3C2)c1. The maximum atomic E-state index is 12.3. The molecule has 2 atom stereocenters. The average Bonchev–Trinajstić information content (AvgIpc) is 2.96. The number of piperidine rings is 1. The van der Waals surface area contributed by atoms with Crippen molar-refractivity contribution in [3.05, 3.63) is 28.2 Å². The molecule has 1 aromatic rings. The fourth-order valence-electron chi connectivity index (χ4n) is 2.53. The van der Waals surface area contributed by atoms with Crippen LogP contribution in [0.15, 0.2) is 22.7 Å². The number of carbonyl (C=O) groups excluding carboxylic acids is 1. The van der Waals surface area contributed by atoms with Crippen LogP contribution in [0.25, 0.3) is 0 Å². The zero-order valence-electron chi connectivity index (χ0n) is 9.65. The Morgan fingerprint density at radius 1 is 1.41 bits per heavy atom. The van der Waals surface area contributed by atoms with E-state index in [1.165, 1.54) is 6.42 Å². The van der Waals surface area contributed by atoms with Gasteiger partial charge in [-0.3, -0.25) is 4.79 Å². The zero-order chi connectivity index (χ0) is 12.0. The minimum absolute atomic E-state index is 0.114. The number of hydrogen-bond acceptors (Lipinski definition) is 2. The molecule has 1 saturated carbocycles. The molecule has 1 heterocycles. The van der Waals surface area contributed by atoms with Gasteiger partial charge >= 0.3 is 0 Å². The van der Waals surface area contributed by atoms with Crippen molar-refractivity contribution in [2.24, 2.45) is 11.8 Å². The van der Waals surface area contributed by atoms with Crippen molar-refractivity contribution < 1.29 is 9.53 Å². The van der Waals surface area contributed by atoms with Crippen LogP contribution in [0.4, 0.5) is 0 Å². The first-order chi connectivity index (χ1) is 8.19. The molecule has 0 spiro atoms. The van der Waals surface area contributed by atoms with Gasteiger partial charge in [0, 0.05) is 17.6 Å². The van der Waals surface area contributed by atoms with Crippen molar-refractivity contribution in [3.63, 3.8) is 0 Å². The van der Waals surface area contributed by atoms with Crippen LogP contribution in [0.2, 0.25) is 0 Å². The maximum Gasteiger partial charge on any atom is 0.255 e. The standard InChI is InChI=1S/C13H14BrNO2/c1-17-10-2-3-12(14)11(5-10)13(16)15-6-8-4-9(8)7-15/h2-3,5,8-9H,4,6-7H2,1H3. The number of hydrogen-bond donors (Lipinski definition) is 0. The highest BCUT2D eigenvalue weighted by atomic mass is 79.9. The Labute approximate surface area is 109 Å². The molecule has 0 radical (unpaired) electrons. The van der Waals surface area contributed by atoms with Crippen LogP contribution >= 0.6 is 15.9 Å². The predicted octanol–water partition coefficient (Wildman–Crippen LogP) is 2.55. The summed E-state index contributed by atoms with van der Waals surface area (Å²) in [6.07, 6.45) is 1.31. The molecule has 3 nitrogen and oxygen atoms in total. The first kappa shape index (κ1) is 11.1. The number of ether oxygens (including phenoxy) is 1. The summed E-state index contributed by atoms with van der Waals surface area (Å²) in [4.78, 5) is 14.3. The molecule has 2 unspecified atom stereocenters. The number of carbonyl (C=O) groups is 1. The largest absolute Gasteiger partial charge is 0.497 e. The molecular formula is C13H14BrNO2. The van der Waals surface area contributed by atoms with E-state index in [1.54, 1.807) is 13.2 Å². The van der Waals surface area contributed by atoms with Gasteiger partial charge in [0.05, 0.1) is 12.7 Å². The van der Waals surface area contributed by atoms with E-state index in [1.807, 2.05) is 17.0 Å². The summed E-state index contributed by atoms with van der Waals surface area (Å²) in [5.74, 6) is 2.37. The van der Waals surface area contributed by atoms with E-state index in [9.17, 15) is 4.79 Å². The molecule has 1 aliphatic heterocycles. The monoisotopic (exact) mass is 295 g/mol. The highest BCUT2D eigenvalue weighted by Crippen LogP contribution is 2.45. The van der Waals surface area contributed by atoms with Crippen LogP contribution in [0, 0.1) is 11.8 Å². The number of fused-ring (bicyclic) bond motifs is 1. The van der Waals surface area contributed by atoms with E-state index < -0.39 is 0 Å². The minimum atomic E-state index is 0.114. The van der Waals surface area contributed by atoms with Crippen molar-refractivity contribution in [1.82, 2.24) is 4.90 Å². The fourth-order valence-corrected chi connectivity index (χ4v) is 2.95. The lowest BCUT2D eigenvalue weighted by molar-refractivity contribution is 0.0774. The molecule has 1 aromatic carbocycles. The van der Waals surface area contributed by atoms with E-state index in [4.69, 9.17) is 4.74 Å². The number of likely N-dealkylation sites (tertiary alicyclic amines) is 1.